The monoisotopic (exact) mass is 440 g/mol. The fraction of sp³-hybridized carbons (Fsp3) is 0.333. The zero-order chi connectivity index (χ0) is 21.1. The van der Waals surface area contributed by atoms with Gasteiger partial charge < -0.3 is 11.1 Å². The van der Waals surface area contributed by atoms with E-state index in [9.17, 15) is 9.59 Å². The Morgan fingerprint density at radius 1 is 1.13 bits per heavy atom. The van der Waals surface area contributed by atoms with E-state index in [0.29, 0.717) is 0 Å². The van der Waals surface area contributed by atoms with Gasteiger partial charge >= 0.3 is 0 Å². The number of hydrogen-bond acceptors (Lipinski definition) is 3. The lowest BCUT2D eigenvalue weighted by Gasteiger charge is -2.28. The molecule has 0 radical (unpaired) electrons. The normalized spacial score (nSPS) is 22.1. The van der Waals surface area contributed by atoms with Crippen molar-refractivity contribution in [2.45, 2.75) is 31.2 Å². The van der Waals surface area contributed by atoms with Crippen LogP contribution in [0, 0.1) is 11.8 Å². The predicted octanol–water partition coefficient (Wildman–Crippen LogP) is 4.98. The number of nitrogens with one attached hydrogen (secondary N) is 1. The largest absolute Gasteiger partial charge is 0.369 e. The second-order valence-electron chi connectivity index (χ2n) is 7.99. The summed E-state index contributed by atoms with van der Waals surface area (Å²) in [6.07, 6.45) is 2.43. The Morgan fingerprint density at radius 2 is 1.93 bits per heavy atom. The lowest BCUT2D eigenvalue weighted by Crippen LogP contribution is -2.32. The minimum Gasteiger partial charge on any atom is -0.369 e. The summed E-state index contributed by atoms with van der Waals surface area (Å²) in [7, 11) is 0. The third-order valence-electron chi connectivity index (χ3n) is 6.28. The molecule has 0 aliphatic heterocycles. The minimum atomic E-state index is -0.236. The van der Waals surface area contributed by atoms with E-state index in [0.717, 1.165) is 35.6 Å². The van der Waals surface area contributed by atoms with Gasteiger partial charge in [0.1, 0.15) is 5.88 Å². The van der Waals surface area contributed by atoms with Gasteiger partial charge in [-0.3, -0.25) is 9.59 Å². The van der Waals surface area contributed by atoms with Crippen LogP contribution in [0.15, 0.2) is 59.3 Å². The number of benzene rings is 2. The maximum absolute atomic E-state index is 12.3. The lowest BCUT2D eigenvalue weighted by atomic mass is 9.80. The Bertz CT molecular complexity index is 1030. The van der Waals surface area contributed by atoms with E-state index in [-0.39, 0.29) is 41.5 Å². The molecule has 30 heavy (non-hydrogen) atoms. The number of thiophene rings is 1. The van der Waals surface area contributed by atoms with Crippen LogP contribution in [0.5, 0.6) is 0 Å². The summed E-state index contributed by atoms with van der Waals surface area (Å²) in [5.41, 5.74) is 8.01. The van der Waals surface area contributed by atoms with Crippen LogP contribution >= 0.6 is 22.9 Å². The van der Waals surface area contributed by atoms with Crippen molar-refractivity contribution in [3.05, 3.63) is 70.4 Å². The molecule has 1 heterocycles. The number of nitrogens with two attached hydrogens (primary N) is 1. The predicted molar refractivity (Wildman–Crippen MR) is 123 cm³/mol. The molecule has 3 N–H and O–H groups in total. The summed E-state index contributed by atoms with van der Waals surface area (Å²) in [5.74, 6) is -0.340. The van der Waals surface area contributed by atoms with Crippen LogP contribution in [-0.2, 0) is 9.59 Å². The first-order chi connectivity index (χ1) is 14.6. The molecule has 1 aliphatic rings. The van der Waals surface area contributed by atoms with Crippen molar-refractivity contribution < 1.29 is 9.59 Å². The highest BCUT2D eigenvalue weighted by Crippen LogP contribution is 2.48. The number of halogens is 1. The van der Waals surface area contributed by atoms with Gasteiger partial charge in [0.25, 0.3) is 0 Å². The molecule has 1 aromatic heterocycles. The third kappa shape index (κ3) is 4.23. The third-order valence-corrected chi connectivity index (χ3v) is 7.22. The molecule has 156 valence electrons. The van der Waals surface area contributed by atoms with Crippen LogP contribution in [0.1, 0.15) is 42.3 Å². The van der Waals surface area contributed by atoms with E-state index in [1.54, 1.807) is 11.3 Å². The van der Waals surface area contributed by atoms with Crippen molar-refractivity contribution in [2.75, 3.05) is 5.88 Å². The molecule has 1 aliphatic carbocycles. The summed E-state index contributed by atoms with van der Waals surface area (Å²) in [6, 6.07) is 16.3. The number of rotatable bonds is 7. The van der Waals surface area contributed by atoms with Crippen LogP contribution in [0.25, 0.3) is 10.8 Å². The molecule has 3 aromatic rings. The van der Waals surface area contributed by atoms with Crippen LogP contribution in [0.2, 0.25) is 0 Å². The number of alkyl halides is 1. The second-order valence-corrected chi connectivity index (χ2v) is 9.03. The first-order valence-corrected chi connectivity index (χ1v) is 11.7. The Kier molecular flexibility index (Phi) is 6.40. The number of fused-ring (bicyclic) bond motifs is 1. The van der Waals surface area contributed by atoms with Gasteiger partial charge in [0.2, 0.25) is 11.8 Å². The van der Waals surface area contributed by atoms with Gasteiger partial charge in [0.05, 0.1) is 6.04 Å². The van der Waals surface area contributed by atoms with Crippen LogP contribution in [-0.4, -0.2) is 17.7 Å². The number of amides is 2. The van der Waals surface area contributed by atoms with Gasteiger partial charge in [0, 0.05) is 5.92 Å². The highest BCUT2D eigenvalue weighted by Gasteiger charge is 2.41. The summed E-state index contributed by atoms with van der Waals surface area (Å²) < 4.78 is 0. The summed E-state index contributed by atoms with van der Waals surface area (Å²) >= 11 is 7.46. The fourth-order valence-electron chi connectivity index (χ4n) is 4.99. The Morgan fingerprint density at radius 3 is 2.67 bits per heavy atom. The molecular weight excluding hydrogens is 416 g/mol. The van der Waals surface area contributed by atoms with Crippen molar-refractivity contribution in [3.63, 3.8) is 0 Å². The number of carbonyl (C=O) groups is 2. The molecule has 1 fully saturated rings. The van der Waals surface area contributed by atoms with Crippen molar-refractivity contribution >= 4 is 45.5 Å². The average molecular weight is 441 g/mol. The van der Waals surface area contributed by atoms with Gasteiger partial charge in [-0.25, -0.2) is 0 Å². The molecule has 1 saturated carbocycles. The van der Waals surface area contributed by atoms with Crippen molar-refractivity contribution in [1.82, 2.24) is 5.32 Å². The molecule has 4 rings (SSSR count). The van der Waals surface area contributed by atoms with Crippen molar-refractivity contribution in [2.24, 2.45) is 17.6 Å². The van der Waals surface area contributed by atoms with Crippen molar-refractivity contribution in [3.8, 4) is 0 Å². The molecule has 4 unspecified atom stereocenters. The summed E-state index contributed by atoms with van der Waals surface area (Å²) in [5, 5.41) is 9.54. The maximum Gasteiger partial charge on any atom is 0.235 e. The summed E-state index contributed by atoms with van der Waals surface area (Å²) in [6.45, 7) is 0. The van der Waals surface area contributed by atoms with E-state index >= 15 is 0 Å². The van der Waals surface area contributed by atoms with Crippen molar-refractivity contribution in [1.29, 1.82) is 0 Å². The SMILES string of the molecule is NC(=O)C1CCC(CC(NC(=O)CCl)c2cccc3ccccc23)C1c1ccsc1. The zero-order valence-electron chi connectivity index (χ0n) is 16.6. The van der Waals surface area contributed by atoms with Crippen LogP contribution in [0.4, 0.5) is 0 Å². The average Bonchev–Trinajstić information content (AvgIpc) is 3.42. The molecule has 2 amide bonds. The highest BCUT2D eigenvalue weighted by atomic mass is 35.5. The van der Waals surface area contributed by atoms with E-state index in [1.807, 2.05) is 23.6 Å². The standard InChI is InChI=1S/C24H25ClN2O2S/c25-13-22(28)27-21(19-7-3-5-15-4-1-2-6-18(15)19)12-16-8-9-20(24(26)29)23(16)17-10-11-30-14-17/h1-7,10-11,14,16,20-21,23H,8-9,12-13H2,(H2,26,29)(H,27,28). The topological polar surface area (TPSA) is 72.2 Å². The molecule has 2 aromatic carbocycles. The lowest BCUT2D eigenvalue weighted by molar-refractivity contribution is -0.122. The molecular formula is C24H25ClN2O2S. The minimum absolute atomic E-state index is 0.0796. The van der Waals surface area contributed by atoms with Crippen LogP contribution in [0.3, 0.4) is 0 Å². The molecule has 0 spiro atoms. The molecule has 4 atom stereocenters. The van der Waals surface area contributed by atoms with Gasteiger partial charge in [-0.1, -0.05) is 42.5 Å². The molecule has 0 saturated heterocycles. The molecule has 4 nitrogen and oxygen atoms in total. The number of hydrogen-bond donors (Lipinski definition) is 2. The van der Waals surface area contributed by atoms with E-state index in [2.05, 4.69) is 41.0 Å². The fourth-order valence-corrected chi connectivity index (χ4v) is 5.77. The van der Waals surface area contributed by atoms with E-state index in [4.69, 9.17) is 17.3 Å². The van der Waals surface area contributed by atoms with Gasteiger partial charge in [-0.15, -0.1) is 11.6 Å². The number of carbonyl (C=O) groups excluding carboxylic acids is 2. The van der Waals surface area contributed by atoms with E-state index < -0.39 is 0 Å². The second kappa shape index (κ2) is 9.19. The van der Waals surface area contributed by atoms with Gasteiger partial charge in [0.15, 0.2) is 0 Å². The quantitative estimate of drug-likeness (QED) is 0.508. The highest BCUT2D eigenvalue weighted by molar-refractivity contribution is 7.08. The molecule has 0 bridgehead atoms. The zero-order valence-corrected chi connectivity index (χ0v) is 18.2. The Hall–Kier alpha value is -2.37. The number of primary amides is 1. The smallest absolute Gasteiger partial charge is 0.235 e. The summed E-state index contributed by atoms with van der Waals surface area (Å²) in [4.78, 5) is 24.4. The van der Waals surface area contributed by atoms with E-state index in [1.165, 1.54) is 5.56 Å². The maximum atomic E-state index is 12.3. The Balaban J connectivity index is 1.70. The molecule has 6 heteroatoms. The van der Waals surface area contributed by atoms with Crippen LogP contribution < -0.4 is 11.1 Å². The first-order valence-electron chi connectivity index (χ1n) is 10.2. The van der Waals surface area contributed by atoms with Gasteiger partial charge in [-0.2, -0.15) is 11.3 Å². The van der Waals surface area contributed by atoms with Gasteiger partial charge in [-0.05, 0) is 69.8 Å². The first kappa shape index (κ1) is 20.9. The Labute approximate surface area is 185 Å².